The van der Waals surface area contributed by atoms with Crippen molar-refractivity contribution in [1.82, 2.24) is 14.9 Å². The number of nitrogens with one attached hydrogen (secondary N) is 2. The maximum atomic E-state index is 13.4. The van der Waals surface area contributed by atoms with E-state index in [2.05, 4.69) is 10.6 Å². The number of nitrogens with zero attached hydrogens (tertiary/aromatic N) is 1. The van der Waals surface area contributed by atoms with Gasteiger partial charge in [-0.15, -0.1) is 0 Å². The van der Waals surface area contributed by atoms with Crippen LogP contribution >= 0.6 is 0 Å². The molecule has 2 N–H and O–H groups in total. The lowest BCUT2D eigenvalue weighted by Gasteiger charge is -2.34. The van der Waals surface area contributed by atoms with Crippen LogP contribution in [0.1, 0.15) is 32.3 Å². The van der Waals surface area contributed by atoms with Gasteiger partial charge in [-0.1, -0.05) is 13.8 Å². The monoisotopic (exact) mass is 429 g/mol. The molecular formula is C19H28FN3O5S. The fraction of sp³-hybridized carbons (Fsp3) is 0.579. The summed E-state index contributed by atoms with van der Waals surface area (Å²) < 4.78 is 46.1. The van der Waals surface area contributed by atoms with Gasteiger partial charge in [0.2, 0.25) is 10.0 Å². The van der Waals surface area contributed by atoms with Crippen molar-refractivity contribution in [3.8, 4) is 0 Å². The average molecular weight is 430 g/mol. The summed E-state index contributed by atoms with van der Waals surface area (Å²) in [6, 6.07) is 3.45. The second kappa shape index (κ2) is 10.1. The number of aryl methyl sites for hydroxylation is 1. The molecule has 0 radical (unpaired) electrons. The molecule has 1 heterocycles. The molecule has 29 heavy (non-hydrogen) atoms. The summed E-state index contributed by atoms with van der Waals surface area (Å²) in [5, 5.41) is 4.95. The third-order valence-electron chi connectivity index (χ3n) is 4.53. The quantitative estimate of drug-likeness (QED) is 0.633. The van der Waals surface area contributed by atoms with Gasteiger partial charge in [0.05, 0.1) is 18.0 Å². The van der Waals surface area contributed by atoms with Crippen molar-refractivity contribution in [1.29, 1.82) is 0 Å². The highest BCUT2D eigenvalue weighted by atomic mass is 32.2. The number of hydrogen-bond acceptors (Lipinski definition) is 5. The van der Waals surface area contributed by atoms with Crippen LogP contribution in [-0.4, -0.2) is 57.0 Å². The lowest BCUT2D eigenvalue weighted by molar-refractivity contribution is -0.140. The van der Waals surface area contributed by atoms with E-state index in [0.717, 1.165) is 22.9 Å². The molecule has 8 nitrogen and oxygen atoms in total. The Morgan fingerprint density at radius 3 is 2.62 bits per heavy atom. The number of benzene rings is 1. The first kappa shape index (κ1) is 23.2. The molecular weight excluding hydrogens is 401 g/mol. The zero-order chi connectivity index (χ0) is 21.6. The number of hydrogen-bond donors (Lipinski definition) is 2. The molecule has 162 valence electrons. The van der Waals surface area contributed by atoms with Crippen LogP contribution in [0.15, 0.2) is 23.1 Å². The summed E-state index contributed by atoms with van der Waals surface area (Å²) >= 11 is 0. The van der Waals surface area contributed by atoms with Crippen molar-refractivity contribution in [3.05, 3.63) is 29.6 Å². The van der Waals surface area contributed by atoms with Gasteiger partial charge in [0.15, 0.2) is 0 Å². The van der Waals surface area contributed by atoms with E-state index < -0.39 is 33.9 Å². The molecule has 2 rings (SSSR count). The number of rotatable bonds is 7. The van der Waals surface area contributed by atoms with Crippen molar-refractivity contribution >= 4 is 21.8 Å². The zero-order valence-electron chi connectivity index (χ0n) is 16.9. The summed E-state index contributed by atoms with van der Waals surface area (Å²) in [4.78, 5) is 23.8. The molecule has 1 aromatic carbocycles. The van der Waals surface area contributed by atoms with Crippen LogP contribution < -0.4 is 10.6 Å². The third kappa shape index (κ3) is 6.22. The second-order valence-electron chi connectivity index (χ2n) is 7.35. The summed E-state index contributed by atoms with van der Waals surface area (Å²) in [6.45, 7) is 6.26. The van der Waals surface area contributed by atoms with Crippen LogP contribution in [0, 0.1) is 18.7 Å². The number of ether oxygens (including phenoxy) is 1. The predicted octanol–water partition coefficient (Wildman–Crippen LogP) is 1.15. The van der Waals surface area contributed by atoms with E-state index in [4.69, 9.17) is 4.74 Å². The minimum Gasteiger partial charge on any atom is -0.360 e. The molecule has 2 amide bonds. The molecule has 0 saturated carbocycles. The molecule has 0 unspecified atom stereocenters. The molecule has 0 spiro atoms. The van der Waals surface area contributed by atoms with Gasteiger partial charge in [-0.2, -0.15) is 4.31 Å². The molecule has 0 bridgehead atoms. The van der Waals surface area contributed by atoms with Crippen molar-refractivity contribution < 1.29 is 27.1 Å². The maximum absolute atomic E-state index is 13.4. The Bertz CT molecular complexity index is 844. The Morgan fingerprint density at radius 1 is 1.28 bits per heavy atom. The van der Waals surface area contributed by atoms with Crippen LogP contribution in [-0.2, 0) is 24.3 Å². The number of carbonyl (C=O) groups is 2. The normalized spacial score (nSPS) is 17.9. The smallest absolute Gasteiger partial charge is 0.309 e. The van der Waals surface area contributed by atoms with E-state index >= 15 is 0 Å². The first-order valence-electron chi connectivity index (χ1n) is 9.58. The lowest BCUT2D eigenvalue weighted by atomic mass is 10.1. The van der Waals surface area contributed by atoms with Gasteiger partial charge in [-0.05, 0) is 49.4 Å². The predicted molar refractivity (Wildman–Crippen MR) is 105 cm³/mol. The number of sulfonamides is 1. The Labute approximate surface area is 170 Å². The lowest BCUT2D eigenvalue weighted by Crippen LogP contribution is -2.53. The van der Waals surface area contributed by atoms with Crippen LogP contribution in [0.25, 0.3) is 0 Å². The summed E-state index contributed by atoms with van der Waals surface area (Å²) in [5.41, 5.74) is 0.280. The first-order valence-corrected chi connectivity index (χ1v) is 11.0. The van der Waals surface area contributed by atoms with Crippen molar-refractivity contribution in [2.45, 2.75) is 44.7 Å². The molecule has 1 aliphatic rings. The highest BCUT2D eigenvalue weighted by Gasteiger charge is 2.35. The minimum atomic E-state index is -3.96. The Balaban J connectivity index is 2.04. The maximum Gasteiger partial charge on any atom is 0.309 e. The third-order valence-corrected chi connectivity index (χ3v) is 6.58. The van der Waals surface area contributed by atoms with E-state index in [9.17, 15) is 22.4 Å². The fourth-order valence-electron chi connectivity index (χ4n) is 2.95. The van der Waals surface area contributed by atoms with Gasteiger partial charge in [-0.25, -0.2) is 12.8 Å². The number of carbonyl (C=O) groups excluding carboxylic acids is 2. The molecule has 0 aromatic heterocycles. The van der Waals surface area contributed by atoms with Crippen molar-refractivity contribution in [3.63, 3.8) is 0 Å². The second-order valence-corrected chi connectivity index (χ2v) is 9.21. The van der Waals surface area contributed by atoms with Crippen LogP contribution in [0.3, 0.4) is 0 Å². The highest BCUT2D eigenvalue weighted by molar-refractivity contribution is 7.89. The molecule has 0 aliphatic carbocycles. The SMILES string of the molecule is Cc1cc(F)ccc1S(=O)(=O)N1CCCO[C@@H]1CNC(=O)C(=O)NCCC(C)C. The summed E-state index contributed by atoms with van der Waals surface area (Å²) in [5.74, 6) is -1.75. The topological polar surface area (TPSA) is 105 Å². The van der Waals surface area contributed by atoms with Crippen molar-refractivity contribution in [2.24, 2.45) is 5.92 Å². The van der Waals surface area contributed by atoms with Gasteiger partial charge in [0.25, 0.3) is 0 Å². The standard InChI is InChI=1S/C19H28FN3O5S/c1-13(2)7-8-21-18(24)19(25)22-12-17-23(9-4-10-28-17)29(26,27)16-6-5-15(20)11-14(16)3/h5-6,11,13,17H,4,7-10,12H2,1-3H3,(H,21,24)(H,22,25)/t17-/m1/s1. The van der Waals surface area contributed by atoms with E-state index in [0.29, 0.717) is 25.5 Å². The molecule has 1 atom stereocenters. The van der Waals surface area contributed by atoms with Gasteiger partial charge in [-0.3, -0.25) is 9.59 Å². The number of halogens is 1. The number of amides is 2. The van der Waals surface area contributed by atoms with E-state index in [-0.39, 0.29) is 23.5 Å². The zero-order valence-corrected chi connectivity index (χ0v) is 17.7. The van der Waals surface area contributed by atoms with Gasteiger partial charge in [0, 0.05) is 13.1 Å². The van der Waals surface area contributed by atoms with E-state index in [1.54, 1.807) is 0 Å². The van der Waals surface area contributed by atoms with Crippen LogP contribution in [0.4, 0.5) is 4.39 Å². The first-order chi connectivity index (χ1) is 13.6. The average Bonchev–Trinajstić information content (AvgIpc) is 2.65. The van der Waals surface area contributed by atoms with Gasteiger partial charge in [0.1, 0.15) is 12.0 Å². The molecule has 1 fully saturated rings. The molecule has 1 aromatic rings. The fourth-order valence-corrected chi connectivity index (χ4v) is 4.72. The van der Waals surface area contributed by atoms with Crippen LogP contribution in [0.5, 0.6) is 0 Å². The molecule has 1 saturated heterocycles. The van der Waals surface area contributed by atoms with Gasteiger partial charge < -0.3 is 15.4 Å². The Kier molecular flexibility index (Phi) is 8.12. The van der Waals surface area contributed by atoms with Gasteiger partial charge >= 0.3 is 11.8 Å². The molecule has 10 heteroatoms. The Morgan fingerprint density at radius 2 is 1.97 bits per heavy atom. The largest absolute Gasteiger partial charge is 0.360 e. The molecule has 1 aliphatic heterocycles. The Hall–Kier alpha value is -2.04. The summed E-state index contributed by atoms with van der Waals surface area (Å²) in [6.07, 6.45) is 0.276. The summed E-state index contributed by atoms with van der Waals surface area (Å²) in [7, 11) is -3.96. The van der Waals surface area contributed by atoms with Crippen LogP contribution in [0.2, 0.25) is 0 Å². The van der Waals surface area contributed by atoms with E-state index in [1.165, 1.54) is 13.0 Å². The highest BCUT2D eigenvalue weighted by Crippen LogP contribution is 2.25. The van der Waals surface area contributed by atoms with Crippen molar-refractivity contribution in [2.75, 3.05) is 26.2 Å². The minimum absolute atomic E-state index is 0.0212. The van der Waals surface area contributed by atoms with E-state index in [1.807, 2.05) is 13.8 Å².